The van der Waals surface area contributed by atoms with Crippen molar-refractivity contribution in [1.29, 1.82) is 0 Å². The molecule has 0 bridgehead atoms. The van der Waals surface area contributed by atoms with Crippen LogP contribution >= 0.6 is 0 Å². The number of piperidine rings is 1. The molecule has 2 aromatic rings. The van der Waals surface area contributed by atoms with Gasteiger partial charge in [0.15, 0.2) is 0 Å². The highest BCUT2D eigenvalue weighted by Gasteiger charge is 2.28. The number of amides is 1. The fraction of sp³-hybridized carbons (Fsp3) is 0.450. The van der Waals surface area contributed by atoms with Gasteiger partial charge in [-0.3, -0.25) is 14.6 Å². The van der Waals surface area contributed by atoms with Crippen LogP contribution in [0.5, 0.6) is 0 Å². The summed E-state index contributed by atoms with van der Waals surface area (Å²) in [6, 6.07) is 8.02. The number of para-hydroxylation sites is 1. The van der Waals surface area contributed by atoms with E-state index in [1.54, 1.807) is 0 Å². The predicted molar refractivity (Wildman–Crippen MR) is 96.2 cm³/mol. The summed E-state index contributed by atoms with van der Waals surface area (Å²) in [5, 5.41) is 1.10. The Hall–Kier alpha value is -2.43. The van der Waals surface area contributed by atoms with Gasteiger partial charge in [-0.2, -0.15) is 0 Å². The molecule has 0 atom stereocenters. The average Bonchev–Trinajstić information content (AvgIpc) is 2.64. The van der Waals surface area contributed by atoms with E-state index in [0.29, 0.717) is 32.4 Å². The number of fused-ring (bicyclic) bond motifs is 1. The van der Waals surface area contributed by atoms with E-state index < -0.39 is 0 Å². The van der Waals surface area contributed by atoms with Gasteiger partial charge in [-0.1, -0.05) is 18.2 Å². The molecule has 0 unspecified atom stereocenters. The van der Waals surface area contributed by atoms with Crippen LogP contribution in [0.15, 0.2) is 24.3 Å². The second-order valence-corrected chi connectivity index (χ2v) is 6.67. The first-order valence-corrected chi connectivity index (χ1v) is 8.71. The molecule has 0 saturated carbocycles. The monoisotopic (exact) mass is 340 g/mol. The molecule has 2 heterocycles. The van der Waals surface area contributed by atoms with Gasteiger partial charge in [-0.25, -0.2) is 0 Å². The van der Waals surface area contributed by atoms with E-state index in [-0.39, 0.29) is 17.8 Å². The highest BCUT2D eigenvalue weighted by molar-refractivity contribution is 5.86. The van der Waals surface area contributed by atoms with Crippen molar-refractivity contribution in [2.24, 2.45) is 5.92 Å². The molecule has 1 aromatic carbocycles. The van der Waals surface area contributed by atoms with Gasteiger partial charge in [-0.05, 0) is 43.9 Å². The lowest BCUT2D eigenvalue weighted by atomic mass is 9.95. The predicted octanol–water partition coefficient (Wildman–Crippen LogP) is 2.81. The summed E-state index contributed by atoms with van der Waals surface area (Å²) in [5.74, 6) is -0.149. The van der Waals surface area contributed by atoms with Gasteiger partial charge < -0.3 is 9.64 Å². The number of nitrogens with zero attached hydrogens (tertiary/aromatic N) is 2. The lowest BCUT2D eigenvalue weighted by molar-refractivity contribution is -0.148. The number of carbonyl (C=O) groups is 2. The third-order valence-electron chi connectivity index (χ3n) is 5.20. The van der Waals surface area contributed by atoms with Crippen molar-refractivity contribution < 1.29 is 14.3 Å². The molecule has 3 rings (SSSR count). The number of pyridine rings is 1. The molecule has 0 N–H and O–H groups in total. The van der Waals surface area contributed by atoms with E-state index in [4.69, 9.17) is 4.74 Å². The van der Waals surface area contributed by atoms with E-state index in [0.717, 1.165) is 27.7 Å². The van der Waals surface area contributed by atoms with E-state index >= 15 is 0 Å². The maximum Gasteiger partial charge on any atom is 0.308 e. The molecule has 1 aromatic heterocycles. The van der Waals surface area contributed by atoms with Gasteiger partial charge in [0.25, 0.3) is 0 Å². The van der Waals surface area contributed by atoms with Crippen molar-refractivity contribution >= 4 is 22.8 Å². The number of carbonyl (C=O) groups excluding carboxylic acids is 2. The summed E-state index contributed by atoms with van der Waals surface area (Å²) in [6.07, 6.45) is 1.71. The van der Waals surface area contributed by atoms with Crippen molar-refractivity contribution in [1.82, 2.24) is 9.88 Å². The Labute approximate surface area is 148 Å². The van der Waals surface area contributed by atoms with Crippen molar-refractivity contribution in [2.45, 2.75) is 33.1 Å². The number of methoxy groups -OCH3 is 1. The largest absolute Gasteiger partial charge is 0.469 e. The first kappa shape index (κ1) is 17.4. The maximum atomic E-state index is 12.7. The summed E-state index contributed by atoms with van der Waals surface area (Å²) in [4.78, 5) is 30.9. The van der Waals surface area contributed by atoms with Gasteiger partial charge in [0.2, 0.25) is 5.91 Å². The van der Waals surface area contributed by atoms with Crippen LogP contribution < -0.4 is 0 Å². The standard InChI is InChI=1S/C20H24N2O3/c1-13-16-6-4-5-7-18(16)21-14(2)17(13)12-19(23)22-10-8-15(9-11-22)20(24)25-3/h4-7,15H,8-12H2,1-3H3. The Morgan fingerprint density at radius 2 is 1.88 bits per heavy atom. The van der Waals surface area contributed by atoms with E-state index in [1.807, 2.05) is 36.1 Å². The number of aryl methyl sites for hydroxylation is 2. The third kappa shape index (κ3) is 3.50. The topological polar surface area (TPSA) is 59.5 Å². The molecular weight excluding hydrogens is 316 g/mol. The summed E-state index contributed by atoms with van der Waals surface area (Å²) in [5.41, 5.74) is 4.02. The normalized spacial score (nSPS) is 15.4. The highest BCUT2D eigenvalue weighted by atomic mass is 16.5. The van der Waals surface area contributed by atoms with Gasteiger partial charge in [0, 0.05) is 24.2 Å². The van der Waals surface area contributed by atoms with Crippen LogP contribution in [0.1, 0.15) is 29.7 Å². The second-order valence-electron chi connectivity index (χ2n) is 6.67. The van der Waals surface area contributed by atoms with E-state index in [1.165, 1.54) is 7.11 Å². The number of benzene rings is 1. The molecule has 1 saturated heterocycles. The average molecular weight is 340 g/mol. The Morgan fingerprint density at radius 3 is 2.56 bits per heavy atom. The summed E-state index contributed by atoms with van der Waals surface area (Å²) in [7, 11) is 1.41. The van der Waals surface area contributed by atoms with Crippen molar-refractivity contribution in [3.63, 3.8) is 0 Å². The SMILES string of the molecule is COC(=O)C1CCN(C(=O)Cc2c(C)nc3ccccc3c2C)CC1. The van der Waals surface area contributed by atoms with Crippen molar-refractivity contribution in [3.8, 4) is 0 Å². The molecule has 1 aliphatic heterocycles. The Morgan fingerprint density at radius 1 is 1.20 bits per heavy atom. The molecular formula is C20H24N2O3. The summed E-state index contributed by atoms with van der Waals surface area (Å²) >= 11 is 0. The zero-order valence-electron chi connectivity index (χ0n) is 15.0. The van der Waals surface area contributed by atoms with Crippen molar-refractivity contribution in [3.05, 3.63) is 41.1 Å². The molecule has 0 spiro atoms. The number of hydrogen-bond acceptors (Lipinski definition) is 4. The molecule has 132 valence electrons. The minimum atomic E-state index is -0.169. The van der Waals surface area contributed by atoms with E-state index in [9.17, 15) is 9.59 Å². The number of aromatic nitrogens is 1. The molecule has 5 heteroatoms. The summed E-state index contributed by atoms with van der Waals surface area (Å²) in [6.45, 7) is 5.24. The van der Waals surface area contributed by atoms with Crippen LogP contribution in [0, 0.1) is 19.8 Å². The molecule has 1 amide bonds. The Balaban J connectivity index is 1.74. The Kier molecular flexibility index (Phi) is 5.02. The lowest BCUT2D eigenvalue weighted by Gasteiger charge is -2.31. The molecule has 0 aliphatic carbocycles. The highest BCUT2D eigenvalue weighted by Crippen LogP contribution is 2.24. The maximum absolute atomic E-state index is 12.7. The molecule has 1 fully saturated rings. The van der Waals surface area contributed by atoms with Crippen LogP contribution in [0.25, 0.3) is 10.9 Å². The van der Waals surface area contributed by atoms with Crippen LogP contribution in [0.2, 0.25) is 0 Å². The second kappa shape index (κ2) is 7.21. The third-order valence-corrected chi connectivity index (χ3v) is 5.20. The van der Waals surface area contributed by atoms with Gasteiger partial charge >= 0.3 is 5.97 Å². The molecule has 0 radical (unpaired) electrons. The zero-order chi connectivity index (χ0) is 18.0. The van der Waals surface area contributed by atoms with Crippen LogP contribution in [0.4, 0.5) is 0 Å². The number of rotatable bonds is 3. The molecule has 25 heavy (non-hydrogen) atoms. The van der Waals surface area contributed by atoms with Crippen LogP contribution in [-0.2, 0) is 20.7 Å². The van der Waals surface area contributed by atoms with Gasteiger partial charge in [-0.15, -0.1) is 0 Å². The summed E-state index contributed by atoms with van der Waals surface area (Å²) < 4.78 is 4.80. The quantitative estimate of drug-likeness (QED) is 0.806. The minimum Gasteiger partial charge on any atom is -0.469 e. The van der Waals surface area contributed by atoms with Crippen molar-refractivity contribution in [2.75, 3.05) is 20.2 Å². The van der Waals surface area contributed by atoms with Gasteiger partial charge in [0.05, 0.1) is 25.0 Å². The minimum absolute atomic E-state index is 0.0835. The smallest absolute Gasteiger partial charge is 0.308 e. The number of ether oxygens (including phenoxy) is 1. The number of esters is 1. The fourth-order valence-corrected chi connectivity index (χ4v) is 3.63. The number of likely N-dealkylation sites (tertiary alicyclic amines) is 1. The molecule has 5 nitrogen and oxygen atoms in total. The van der Waals surface area contributed by atoms with Crippen LogP contribution in [0.3, 0.4) is 0 Å². The zero-order valence-corrected chi connectivity index (χ0v) is 15.0. The van der Waals surface area contributed by atoms with E-state index in [2.05, 4.69) is 11.9 Å². The fourth-order valence-electron chi connectivity index (χ4n) is 3.63. The Bertz CT molecular complexity index is 808. The lowest BCUT2D eigenvalue weighted by Crippen LogP contribution is -2.41. The van der Waals surface area contributed by atoms with Crippen LogP contribution in [-0.4, -0.2) is 42.0 Å². The first-order valence-electron chi connectivity index (χ1n) is 8.71. The number of hydrogen-bond donors (Lipinski definition) is 0. The molecule has 1 aliphatic rings. The first-order chi connectivity index (χ1) is 12.0. The van der Waals surface area contributed by atoms with Gasteiger partial charge in [0.1, 0.15) is 0 Å².